The Morgan fingerprint density at radius 1 is 1.36 bits per heavy atom. The molecule has 0 radical (unpaired) electrons. The van der Waals surface area contributed by atoms with E-state index in [4.69, 9.17) is 4.74 Å². The summed E-state index contributed by atoms with van der Waals surface area (Å²) in [4.78, 5) is 27.4. The number of aliphatic hydroxyl groups is 1. The minimum absolute atomic E-state index is 0.198. The highest BCUT2D eigenvalue weighted by Gasteiger charge is 2.25. The van der Waals surface area contributed by atoms with Gasteiger partial charge in [0.1, 0.15) is 5.69 Å². The predicted molar refractivity (Wildman–Crippen MR) is 85.0 cm³/mol. The maximum atomic E-state index is 12.7. The highest BCUT2D eigenvalue weighted by atomic mass is 79.9. The van der Waals surface area contributed by atoms with Crippen LogP contribution in [0.1, 0.15) is 44.6 Å². The van der Waals surface area contributed by atoms with Gasteiger partial charge in [0.15, 0.2) is 5.78 Å². The summed E-state index contributed by atoms with van der Waals surface area (Å²) in [6.45, 7) is 3.24. The largest absolute Gasteiger partial charge is 0.461 e. The molecule has 0 unspecified atom stereocenters. The molecule has 0 fully saturated rings. The minimum Gasteiger partial charge on any atom is -0.461 e. The van der Waals surface area contributed by atoms with Gasteiger partial charge >= 0.3 is 5.97 Å². The van der Waals surface area contributed by atoms with Gasteiger partial charge in [-0.1, -0.05) is 28.1 Å². The van der Waals surface area contributed by atoms with Crippen LogP contribution in [-0.4, -0.2) is 28.4 Å². The molecule has 0 saturated carbocycles. The Hall–Kier alpha value is -1.92. The summed E-state index contributed by atoms with van der Waals surface area (Å²) in [5.74, 6) is -0.794. The third-order valence-electron chi connectivity index (χ3n) is 3.28. The zero-order valence-corrected chi connectivity index (χ0v) is 13.9. The van der Waals surface area contributed by atoms with Crippen LogP contribution in [0.3, 0.4) is 0 Å². The van der Waals surface area contributed by atoms with Gasteiger partial charge in [0.25, 0.3) is 0 Å². The van der Waals surface area contributed by atoms with Crippen molar-refractivity contribution in [2.75, 3.05) is 6.61 Å². The van der Waals surface area contributed by atoms with Crippen LogP contribution in [0.25, 0.3) is 0 Å². The van der Waals surface area contributed by atoms with Crippen molar-refractivity contribution >= 4 is 27.7 Å². The van der Waals surface area contributed by atoms with Crippen molar-refractivity contribution in [1.29, 1.82) is 0 Å². The maximum absolute atomic E-state index is 12.7. The molecular formula is C16H16BrNO4. The number of esters is 1. The first kappa shape index (κ1) is 16.5. The van der Waals surface area contributed by atoms with Gasteiger partial charge < -0.3 is 14.8 Å². The summed E-state index contributed by atoms with van der Waals surface area (Å²) in [6.07, 6.45) is 0. The number of aromatic amines is 1. The van der Waals surface area contributed by atoms with Gasteiger partial charge in [-0.3, -0.25) is 4.79 Å². The Morgan fingerprint density at radius 3 is 2.68 bits per heavy atom. The molecular weight excluding hydrogens is 350 g/mol. The lowest BCUT2D eigenvalue weighted by atomic mass is 9.99. The second-order valence-electron chi connectivity index (χ2n) is 4.70. The quantitative estimate of drug-likeness (QED) is 0.630. The third-order valence-corrected chi connectivity index (χ3v) is 3.77. The molecule has 2 rings (SSSR count). The first-order chi connectivity index (χ1) is 10.5. The summed E-state index contributed by atoms with van der Waals surface area (Å²) in [7, 11) is 0. The van der Waals surface area contributed by atoms with E-state index >= 15 is 0 Å². The summed E-state index contributed by atoms with van der Waals surface area (Å²) in [5, 5.41) is 9.47. The first-order valence-corrected chi connectivity index (χ1v) is 7.58. The van der Waals surface area contributed by atoms with Crippen LogP contribution in [0, 0.1) is 6.92 Å². The Morgan fingerprint density at radius 2 is 2.09 bits per heavy atom. The lowest BCUT2D eigenvalue weighted by molar-refractivity contribution is 0.0519. The SMILES string of the molecule is CCOC(=O)c1[nH]c(CO)c(C(=O)c2cccc(Br)c2)c1C. The number of aliphatic hydroxyl groups excluding tert-OH is 1. The van der Waals surface area contributed by atoms with Crippen LogP contribution < -0.4 is 0 Å². The summed E-state index contributed by atoms with van der Waals surface area (Å²) >= 11 is 3.32. The van der Waals surface area contributed by atoms with Crippen molar-refractivity contribution in [2.24, 2.45) is 0 Å². The van der Waals surface area contributed by atoms with E-state index in [1.165, 1.54) is 0 Å². The Labute approximate surface area is 136 Å². The van der Waals surface area contributed by atoms with E-state index in [9.17, 15) is 14.7 Å². The molecule has 1 heterocycles. The lowest BCUT2D eigenvalue weighted by Crippen LogP contribution is -2.08. The van der Waals surface area contributed by atoms with Gasteiger partial charge in [0.05, 0.1) is 18.9 Å². The molecule has 22 heavy (non-hydrogen) atoms. The van der Waals surface area contributed by atoms with E-state index in [1.54, 1.807) is 32.0 Å². The molecule has 2 N–H and O–H groups in total. The Bertz CT molecular complexity index is 721. The van der Waals surface area contributed by atoms with Gasteiger partial charge in [-0.2, -0.15) is 0 Å². The summed E-state index contributed by atoms with van der Waals surface area (Å²) in [5.41, 5.74) is 1.77. The van der Waals surface area contributed by atoms with E-state index in [2.05, 4.69) is 20.9 Å². The van der Waals surface area contributed by atoms with Crippen molar-refractivity contribution in [1.82, 2.24) is 4.98 Å². The molecule has 0 atom stereocenters. The monoisotopic (exact) mass is 365 g/mol. The highest BCUT2D eigenvalue weighted by Crippen LogP contribution is 2.24. The number of hydrogen-bond acceptors (Lipinski definition) is 4. The van der Waals surface area contributed by atoms with Gasteiger partial charge in [-0.05, 0) is 31.5 Å². The van der Waals surface area contributed by atoms with Gasteiger partial charge in [0.2, 0.25) is 0 Å². The van der Waals surface area contributed by atoms with E-state index < -0.39 is 5.97 Å². The molecule has 0 spiro atoms. The topological polar surface area (TPSA) is 79.4 Å². The number of hydrogen-bond donors (Lipinski definition) is 2. The zero-order chi connectivity index (χ0) is 16.3. The molecule has 0 bridgehead atoms. The van der Waals surface area contributed by atoms with E-state index in [-0.39, 0.29) is 24.7 Å². The number of ether oxygens (including phenoxy) is 1. The number of nitrogens with one attached hydrogen (secondary N) is 1. The van der Waals surface area contributed by atoms with Crippen molar-refractivity contribution in [2.45, 2.75) is 20.5 Å². The molecule has 5 nitrogen and oxygen atoms in total. The van der Waals surface area contributed by atoms with Gasteiger partial charge in [0, 0.05) is 15.6 Å². The molecule has 0 saturated heterocycles. The van der Waals surface area contributed by atoms with Crippen LogP contribution in [0.4, 0.5) is 0 Å². The second kappa shape index (κ2) is 6.89. The van der Waals surface area contributed by atoms with E-state index in [1.807, 2.05) is 6.07 Å². The van der Waals surface area contributed by atoms with Crippen molar-refractivity contribution in [3.8, 4) is 0 Å². The minimum atomic E-state index is -0.539. The van der Waals surface area contributed by atoms with Crippen molar-refractivity contribution in [3.05, 3.63) is 56.8 Å². The number of halogens is 1. The van der Waals surface area contributed by atoms with E-state index in [0.29, 0.717) is 22.4 Å². The standard InChI is InChI=1S/C16H16BrNO4/c1-3-22-16(21)14-9(2)13(12(8-19)18-14)15(20)10-5-4-6-11(17)7-10/h4-7,18-19H,3,8H2,1-2H3. The maximum Gasteiger partial charge on any atom is 0.355 e. The Kier molecular flexibility index (Phi) is 5.15. The Balaban J connectivity index is 2.50. The summed E-state index contributed by atoms with van der Waals surface area (Å²) < 4.78 is 5.74. The molecule has 0 aliphatic rings. The number of carbonyl (C=O) groups excluding carboxylic acids is 2. The fourth-order valence-electron chi connectivity index (χ4n) is 2.27. The molecule has 1 aromatic heterocycles. The van der Waals surface area contributed by atoms with Crippen LogP contribution in [0.5, 0.6) is 0 Å². The molecule has 6 heteroatoms. The average Bonchev–Trinajstić information content (AvgIpc) is 2.83. The number of benzene rings is 1. The molecule has 2 aromatic rings. The first-order valence-electron chi connectivity index (χ1n) is 6.79. The zero-order valence-electron chi connectivity index (χ0n) is 12.3. The molecule has 0 aliphatic heterocycles. The summed E-state index contributed by atoms with van der Waals surface area (Å²) in [6, 6.07) is 6.95. The van der Waals surface area contributed by atoms with Crippen LogP contribution >= 0.6 is 15.9 Å². The lowest BCUT2D eigenvalue weighted by Gasteiger charge is -2.04. The van der Waals surface area contributed by atoms with Crippen LogP contribution in [-0.2, 0) is 11.3 Å². The fraction of sp³-hybridized carbons (Fsp3) is 0.250. The number of aromatic nitrogens is 1. The van der Waals surface area contributed by atoms with Crippen molar-refractivity contribution < 1.29 is 19.4 Å². The number of H-pyrrole nitrogens is 1. The van der Waals surface area contributed by atoms with Crippen LogP contribution in [0.15, 0.2) is 28.7 Å². The van der Waals surface area contributed by atoms with Crippen LogP contribution in [0.2, 0.25) is 0 Å². The number of ketones is 1. The highest BCUT2D eigenvalue weighted by molar-refractivity contribution is 9.10. The van der Waals surface area contributed by atoms with Gasteiger partial charge in [-0.15, -0.1) is 0 Å². The number of rotatable bonds is 5. The average molecular weight is 366 g/mol. The third kappa shape index (κ3) is 3.13. The fourth-order valence-corrected chi connectivity index (χ4v) is 2.67. The number of carbonyl (C=O) groups is 2. The smallest absolute Gasteiger partial charge is 0.355 e. The van der Waals surface area contributed by atoms with Crippen molar-refractivity contribution in [3.63, 3.8) is 0 Å². The molecule has 0 aliphatic carbocycles. The molecule has 116 valence electrons. The second-order valence-corrected chi connectivity index (χ2v) is 5.61. The molecule has 0 amide bonds. The normalized spacial score (nSPS) is 10.5. The predicted octanol–water partition coefficient (Wildman–Crippen LogP) is 2.99. The molecule has 1 aromatic carbocycles. The van der Waals surface area contributed by atoms with E-state index in [0.717, 1.165) is 4.47 Å². The van der Waals surface area contributed by atoms with Gasteiger partial charge in [-0.25, -0.2) is 4.79 Å².